The molecular formula is C12H15NO2. The van der Waals surface area contributed by atoms with E-state index in [9.17, 15) is 4.79 Å². The lowest BCUT2D eigenvalue weighted by atomic mass is 10.2. The second kappa shape index (κ2) is 4.64. The fourth-order valence-electron chi connectivity index (χ4n) is 1.15. The number of hydrogen-bond donors (Lipinski definition) is 1. The van der Waals surface area contributed by atoms with Gasteiger partial charge in [0.05, 0.1) is 5.70 Å². The van der Waals surface area contributed by atoms with Gasteiger partial charge in [-0.15, -0.1) is 0 Å². The minimum absolute atomic E-state index is 0.171. The Morgan fingerprint density at radius 2 is 1.73 bits per heavy atom. The first-order valence-corrected chi connectivity index (χ1v) is 4.72. The first kappa shape index (κ1) is 11.3. The lowest BCUT2D eigenvalue weighted by molar-refractivity contribution is -0.115. The van der Waals surface area contributed by atoms with E-state index < -0.39 is 0 Å². The molecule has 1 aromatic carbocycles. The van der Waals surface area contributed by atoms with Gasteiger partial charge in [0.15, 0.2) is 11.5 Å². The van der Waals surface area contributed by atoms with E-state index in [0.29, 0.717) is 11.4 Å². The highest BCUT2D eigenvalue weighted by atomic mass is 16.5. The van der Waals surface area contributed by atoms with Gasteiger partial charge in [-0.3, -0.25) is 4.79 Å². The predicted molar refractivity (Wildman–Crippen MR) is 59.4 cm³/mol. The third-order valence-corrected chi connectivity index (χ3v) is 1.92. The van der Waals surface area contributed by atoms with E-state index in [2.05, 4.69) is 0 Å². The highest BCUT2D eigenvalue weighted by Gasteiger charge is 2.09. The smallest absolute Gasteiger partial charge is 0.196 e. The minimum atomic E-state index is -0.171. The molecule has 0 aliphatic heterocycles. The molecule has 2 N–H and O–H groups in total. The van der Waals surface area contributed by atoms with Gasteiger partial charge in [0, 0.05) is 6.92 Å². The van der Waals surface area contributed by atoms with Crippen LogP contribution in [-0.4, -0.2) is 5.78 Å². The molecule has 0 bridgehead atoms. The number of Topliss-reactive ketones (excluding diaryl/α,β-unsaturated/α-hetero) is 1. The molecule has 3 nitrogen and oxygen atoms in total. The summed E-state index contributed by atoms with van der Waals surface area (Å²) in [5.41, 5.74) is 7.08. The number of carbonyl (C=O) groups is 1. The molecule has 0 heterocycles. The number of ketones is 1. The molecule has 0 aliphatic rings. The summed E-state index contributed by atoms with van der Waals surface area (Å²) in [4.78, 5) is 11.2. The monoisotopic (exact) mass is 205 g/mol. The number of carbonyl (C=O) groups excluding carboxylic acids is 1. The second-order valence-electron chi connectivity index (χ2n) is 3.48. The van der Waals surface area contributed by atoms with Crippen LogP contribution in [0, 0.1) is 6.92 Å². The first-order valence-electron chi connectivity index (χ1n) is 4.72. The van der Waals surface area contributed by atoms with Gasteiger partial charge in [-0.05, 0) is 26.0 Å². The number of nitrogens with two attached hydrogens (primary N) is 1. The van der Waals surface area contributed by atoms with Crippen molar-refractivity contribution in [3.05, 3.63) is 41.3 Å². The van der Waals surface area contributed by atoms with Gasteiger partial charge in [-0.25, -0.2) is 0 Å². The maximum atomic E-state index is 11.2. The lowest BCUT2D eigenvalue weighted by Crippen LogP contribution is -2.11. The van der Waals surface area contributed by atoms with Crippen LogP contribution in [0.3, 0.4) is 0 Å². The Morgan fingerprint density at radius 1 is 1.20 bits per heavy atom. The van der Waals surface area contributed by atoms with Crippen LogP contribution in [0.2, 0.25) is 0 Å². The Kier molecular flexibility index (Phi) is 3.50. The molecule has 1 aromatic rings. The largest absolute Gasteiger partial charge is 0.452 e. The Balaban J connectivity index is 2.90. The molecule has 0 fully saturated rings. The van der Waals surface area contributed by atoms with Crippen LogP contribution in [-0.2, 0) is 4.79 Å². The van der Waals surface area contributed by atoms with E-state index >= 15 is 0 Å². The average molecular weight is 205 g/mol. The van der Waals surface area contributed by atoms with Gasteiger partial charge in [0.2, 0.25) is 0 Å². The first-order chi connectivity index (χ1) is 7.00. The van der Waals surface area contributed by atoms with Gasteiger partial charge in [0.1, 0.15) is 5.75 Å². The van der Waals surface area contributed by atoms with Crippen molar-refractivity contribution in [3.63, 3.8) is 0 Å². The van der Waals surface area contributed by atoms with Gasteiger partial charge in [-0.2, -0.15) is 0 Å². The third-order valence-electron chi connectivity index (χ3n) is 1.92. The zero-order chi connectivity index (χ0) is 11.4. The number of allylic oxidation sites excluding steroid dienone is 2. The summed E-state index contributed by atoms with van der Waals surface area (Å²) in [6, 6.07) is 7.44. The Hall–Kier alpha value is -1.77. The van der Waals surface area contributed by atoms with Gasteiger partial charge in [-0.1, -0.05) is 17.7 Å². The lowest BCUT2D eigenvalue weighted by Gasteiger charge is -2.08. The van der Waals surface area contributed by atoms with Crippen LogP contribution in [0.4, 0.5) is 0 Å². The van der Waals surface area contributed by atoms with Crippen molar-refractivity contribution < 1.29 is 9.53 Å². The summed E-state index contributed by atoms with van der Waals surface area (Å²) < 4.78 is 5.40. The molecule has 3 heteroatoms. The van der Waals surface area contributed by atoms with Crippen LogP contribution in [0.15, 0.2) is 35.7 Å². The van der Waals surface area contributed by atoms with Gasteiger partial charge >= 0.3 is 0 Å². The standard InChI is InChI=1S/C12H15NO2/c1-8-4-6-11(7-5-8)15-12(9(2)13)10(3)14/h4-7H,13H2,1-3H3/b12-9-. The molecule has 15 heavy (non-hydrogen) atoms. The van der Waals surface area contributed by atoms with E-state index in [1.54, 1.807) is 19.1 Å². The molecule has 0 aliphatic carbocycles. The van der Waals surface area contributed by atoms with Crippen molar-refractivity contribution in [1.82, 2.24) is 0 Å². The highest BCUT2D eigenvalue weighted by molar-refractivity contribution is 5.92. The highest BCUT2D eigenvalue weighted by Crippen LogP contribution is 2.16. The van der Waals surface area contributed by atoms with Crippen molar-refractivity contribution >= 4 is 5.78 Å². The number of ether oxygens (including phenoxy) is 1. The second-order valence-corrected chi connectivity index (χ2v) is 3.48. The molecular weight excluding hydrogens is 190 g/mol. The molecule has 0 saturated heterocycles. The SMILES string of the molecule is CC(=O)/C(Oc1ccc(C)cc1)=C(\C)N. The molecule has 0 saturated carbocycles. The van der Waals surface area contributed by atoms with Crippen molar-refractivity contribution in [3.8, 4) is 5.75 Å². The maximum Gasteiger partial charge on any atom is 0.196 e. The zero-order valence-corrected chi connectivity index (χ0v) is 9.20. The van der Waals surface area contributed by atoms with E-state index in [0.717, 1.165) is 5.56 Å². The van der Waals surface area contributed by atoms with Crippen LogP contribution in [0.25, 0.3) is 0 Å². The van der Waals surface area contributed by atoms with Crippen molar-refractivity contribution in [2.75, 3.05) is 0 Å². The quantitative estimate of drug-likeness (QED) is 0.607. The van der Waals surface area contributed by atoms with E-state index in [1.165, 1.54) is 6.92 Å². The van der Waals surface area contributed by atoms with Crippen LogP contribution < -0.4 is 10.5 Å². The number of benzene rings is 1. The summed E-state index contributed by atoms with van der Waals surface area (Å²) in [7, 11) is 0. The van der Waals surface area contributed by atoms with Gasteiger partial charge < -0.3 is 10.5 Å². The van der Waals surface area contributed by atoms with Gasteiger partial charge in [0.25, 0.3) is 0 Å². The third kappa shape index (κ3) is 3.13. The molecule has 80 valence electrons. The summed E-state index contributed by atoms with van der Waals surface area (Å²) in [6.45, 7) is 5.06. The Morgan fingerprint density at radius 3 is 2.13 bits per heavy atom. The van der Waals surface area contributed by atoms with Crippen LogP contribution in [0.5, 0.6) is 5.75 Å². The molecule has 0 amide bonds. The molecule has 0 atom stereocenters. The summed E-state index contributed by atoms with van der Waals surface area (Å²) in [5, 5.41) is 0. The van der Waals surface area contributed by atoms with Crippen molar-refractivity contribution in [2.24, 2.45) is 5.73 Å². The molecule has 0 spiro atoms. The van der Waals surface area contributed by atoms with Crippen molar-refractivity contribution in [1.29, 1.82) is 0 Å². The number of aryl methyl sites for hydroxylation is 1. The number of hydrogen-bond acceptors (Lipinski definition) is 3. The average Bonchev–Trinajstić information content (AvgIpc) is 2.15. The maximum absolute atomic E-state index is 11.2. The van der Waals surface area contributed by atoms with E-state index in [1.807, 2.05) is 19.1 Å². The molecule has 1 rings (SSSR count). The van der Waals surface area contributed by atoms with E-state index in [-0.39, 0.29) is 11.5 Å². The molecule has 0 radical (unpaired) electrons. The predicted octanol–water partition coefficient (Wildman–Crippen LogP) is 2.15. The molecule has 0 unspecified atom stereocenters. The normalized spacial score (nSPS) is 11.9. The van der Waals surface area contributed by atoms with E-state index in [4.69, 9.17) is 10.5 Å². The van der Waals surface area contributed by atoms with Crippen LogP contribution >= 0.6 is 0 Å². The minimum Gasteiger partial charge on any atom is -0.452 e. The summed E-state index contributed by atoms with van der Waals surface area (Å²) >= 11 is 0. The van der Waals surface area contributed by atoms with Crippen LogP contribution in [0.1, 0.15) is 19.4 Å². The molecule has 0 aromatic heterocycles. The zero-order valence-electron chi connectivity index (χ0n) is 9.20. The van der Waals surface area contributed by atoms with Crippen molar-refractivity contribution in [2.45, 2.75) is 20.8 Å². The summed E-state index contributed by atoms with van der Waals surface area (Å²) in [5.74, 6) is 0.657. The summed E-state index contributed by atoms with van der Waals surface area (Å²) in [6.07, 6.45) is 0. The Bertz CT molecular complexity index is 387. The number of rotatable bonds is 3. The fraction of sp³-hybridized carbons (Fsp3) is 0.250. The topological polar surface area (TPSA) is 52.3 Å². The fourth-order valence-corrected chi connectivity index (χ4v) is 1.15. The Labute approximate surface area is 89.5 Å².